The molecule has 1 rings (SSSR count). The van der Waals surface area contributed by atoms with Crippen molar-refractivity contribution in [2.45, 2.75) is 31.9 Å². The average molecular weight is 187 g/mol. The Morgan fingerprint density at radius 3 is 2.62 bits per heavy atom. The molecule has 0 aromatic carbocycles. The molecule has 1 amide bonds. The summed E-state index contributed by atoms with van der Waals surface area (Å²) in [6.07, 6.45) is -0.299. The van der Waals surface area contributed by atoms with Gasteiger partial charge in [-0.25, -0.2) is 4.79 Å². The molecule has 5 heteroatoms. The molecule has 0 radical (unpaired) electrons. The van der Waals surface area contributed by atoms with Crippen molar-refractivity contribution in [3.8, 4) is 0 Å². The number of nitrogens with zero attached hydrogens (tertiary/aromatic N) is 1. The molecule has 1 heterocycles. The maximum atomic E-state index is 11.2. The van der Waals surface area contributed by atoms with Crippen LogP contribution in [0, 0.1) is 0 Å². The van der Waals surface area contributed by atoms with Gasteiger partial charge in [-0.15, -0.1) is 0 Å². The van der Waals surface area contributed by atoms with Crippen molar-refractivity contribution in [1.82, 2.24) is 4.90 Å². The number of carboxylic acids is 1. The highest BCUT2D eigenvalue weighted by Crippen LogP contribution is 2.18. The van der Waals surface area contributed by atoms with Gasteiger partial charge in [0.05, 0.1) is 6.10 Å². The van der Waals surface area contributed by atoms with Crippen LogP contribution in [0.25, 0.3) is 0 Å². The molecule has 0 unspecified atom stereocenters. The van der Waals surface area contributed by atoms with Gasteiger partial charge in [0, 0.05) is 13.0 Å². The lowest BCUT2D eigenvalue weighted by Crippen LogP contribution is -2.44. The molecular formula is C8H13NO4. The summed E-state index contributed by atoms with van der Waals surface area (Å²) in [5.41, 5.74) is 0. The van der Waals surface area contributed by atoms with Gasteiger partial charge in [-0.3, -0.25) is 4.79 Å². The van der Waals surface area contributed by atoms with Gasteiger partial charge in [0.15, 0.2) is 6.04 Å². The first kappa shape index (κ1) is 9.98. The van der Waals surface area contributed by atoms with Crippen molar-refractivity contribution < 1.29 is 19.8 Å². The molecule has 0 saturated carbocycles. The van der Waals surface area contributed by atoms with E-state index in [2.05, 4.69) is 0 Å². The van der Waals surface area contributed by atoms with Crippen LogP contribution in [0.5, 0.6) is 0 Å². The zero-order valence-electron chi connectivity index (χ0n) is 7.43. The number of aliphatic hydroxyl groups is 1. The fourth-order valence-electron chi connectivity index (χ4n) is 1.56. The van der Waals surface area contributed by atoms with Crippen LogP contribution in [-0.4, -0.2) is 45.7 Å². The smallest absolute Gasteiger partial charge is 0.329 e. The summed E-state index contributed by atoms with van der Waals surface area (Å²) in [5.74, 6) is -1.35. The van der Waals surface area contributed by atoms with Crippen molar-refractivity contribution in [3.05, 3.63) is 0 Å². The molecule has 13 heavy (non-hydrogen) atoms. The van der Waals surface area contributed by atoms with E-state index in [1.54, 1.807) is 6.92 Å². The van der Waals surface area contributed by atoms with E-state index in [1.807, 2.05) is 0 Å². The Balaban J connectivity index is 2.75. The van der Waals surface area contributed by atoms with Crippen LogP contribution in [0.2, 0.25) is 0 Å². The standard InChI is InChI=1S/C8H13NO4/c1-2-6(11)9-4-3-5(10)7(9)8(12)13/h5,7,10H,2-4H2,1H3,(H,12,13)/t5-,7-/m0/s1. The highest BCUT2D eigenvalue weighted by Gasteiger charge is 2.40. The lowest BCUT2D eigenvalue weighted by Gasteiger charge is -2.21. The maximum Gasteiger partial charge on any atom is 0.329 e. The number of likely N-dealkylation sites (tertiary alicyclic amines) is 1. The Morgan fingerprint density at radius 2 is 2.15 bits per heavy atom. The van der Waals surface area contributed by atoms with Gasteiger partial charge in [-0.1, -0.05) is 6.92 Å². The zero-order chi connectivity index (χ0) is 10.0. The molecule has 0 aromatic heterocycles. The third-order valence-electron chi connectivity index (χ3n) is 2.24. The number of aliphatic carboxylic acids is 1. The molecule has 2 N–H and O–H groups in total. The molecule has 1 aliphatic heterocycles. The van der Waals surface area contributed by atoms with E-state index in [-0.39, 0.29) is 12.3 Å². The predicted octanol–water partition coefficient (Wildman–Crippen LogP) is -0.557. The number of aliphatic hydroxyl groups excluding tert-OH is 1. The van der Waals surface area contributed by atoms with Crippen LogP contribution in [0.15, 0.2) is 0 Å². The van der Waals surface area contributed by atoms with Gasteiger partial charge in [0.1, 0.15) is 0 Å². The van der Waals surface area contributed by atoms with Crippen molar-refractivity contribution in [1.29, 1.82) is 0 Å². The predicted molar refractivity (Wildman–Crippen MR) is 44.1 cm³/mol. The van der Waals surface area contributed by atoms with Gasteiger partial charge in [-0.05, 0) is 6.42 Å². The van der Waals surface area contributed by atoms with Crippen LogP contribution >= 0.6 is 0 Å². The van der Waals surface area contributed by atoms with E-state index in [0.29, 0.717) is 13.0 Å². The minimum Gasteiger partial charge on any atom is -0.480 e. The number of carboxylic acid groups (broad SMARTS) is 1. The Morgan fingerprint density at radius 1 is 1.54 bits per heavy atom. The summed E-state index contributed by atoms with van der Waals surface area (Å²) in [6.45, 7) is 2.01. The first-order valence-corrected chi connectivity index (χ1v) is 4.28. The summed E-state index contributed by atoms with van der Waals surface area (Å²) in [7, 11) is 0. The van der Waals surface area contributed by atoms with E-state index in [1.165, 1.54) is 4.90 Å². The highest BCUT2D eigenvalue weighted by atomic mass is 16.4. The van der Waals surface area contributed by atoms with E-state index in [9.17, 15) is 14.7 Å². The fourth-order valence-corrected chi connectivity index (χ4v) is 1.56. The maximum absolute atomic E-state index is 11.2. The second-order valence-electron chi connectivity index (χ2n) is 3.08. The molecule has 0 spiro atoms. The minimum atomic E-state index is -1.13. The molecule has 1 aliphatic rings. The number of amides is 1. The van der Waals surface area contributed by atoms with Gasteiger partial charge < -0.3 is 15.1 Å². The summed E-state index contributed by atoms with van der Waals surface area (Å²) < 4.78 is 0. The fraction of sp³-hybridized carbons (Fsp3) is 0.750. The van der Waals surface area contributed by atoms with Crippen LogP contribution in [0.4, 0.5) is 0 Å². The zero-order valence-corrected chi connectivity index (χ0v) is 7.43. The Kier molecular flexibility index (Phi) is 2.87. The van der Waals surface area contributed by atoms with Crippen molar-refractivity contribution in [2.24, 2.45) is 0 Å². The van der Waals surface area contributed by atoms with Crippen molar-refractivity contribution >= 4 is 11.9 Å². The molecule has 1 fully saturated rings. The molecule has 1 saturated heterocycles. The van der Waals surface area contributed by atoms with Crippen molar-refractivity contribution in [2.75, 3.05) is 6.54 Å². The topological polar surface area (TPSA) is 77.8 Å². The minimum absolute atomic E-state index is 0.219. The van der Waals surface area contributed by atoms with Gasteiger partial charge in [0.25, 0.3) is 0 Å². The molecule has 0 aromatic rings. The third kappa shape index (κ3) is 1.80. The van der Waals surface area contributed by atoms with Gasteiger partial charge in [0.2, 0.25) is 5.91 Å². The first-order valence-electron chi connectivity index (χ1n) is 4.28. The number of carbonyl (C=O) groups is 2. The monoisotopic (exact) mass is 187 g/mol. The van der Waals surface area contributed by atoms with Crippen LogP contribution in [0.3, 0.4) is 0 Å². The lowest BCUT2D eigenvalue weighted by atomic mass is 10.2. The number of carbonyl (C=O) groups excluding carboxylic acids is 1. The molecule has 5 nitrogen and oxygen atoms in total. The van der Waals surface area contributed by atoms with Crippen LogP contribution in [0.1, 0.15) is 19.8 Å². The average Bonchev–Trinajstić information content (AvgIpc) is 2.45. The van der Waals surface area contributed by atoms with E-state index in [0.717, 1.165) is 0 Å². The van der Waals surface area contributed by atoms with Gasteiger partial charge in [-0.2, -0.15) is 0 Å². The Hall–Kier alpha value is -1.10. The molecule has 2 atom stereocenters. The van der Waals surface area contributed by atoms with Crippen molar-refractivity contribution in [3.63, 3.8) is 0 Å². The lowest BCUT2D eigenvalue weighted by molar-refractivity contribution is -0.150. The summed E-state index contributed by atoms with van der Waals surface area (Å²) in [6, 6.07) is -1.05. The molecular weight excluding hydrogens is 174 g/mol. The second kappa shape index (κ2) is 3.74. The number of rotatable bonds is 2. The van der Waals surface area contributed by atoms with E-state index >= 15 is 0 Å². The first-order chi connectivity index (χ1) is 6.07. The molecule has 0 bridgehead atoms. The summed E-state index contributed by atoms with van der Waals surface area (Å²) in [4.78, 5) is 23.1. The highest BCUT2D eigenvalue weighted by molar-refractivity contribution is 5.84. The van der Waals surface area contributed by atoms with E-state index in [4.69, 9.17) is 5.11 Å². The SMILES string of the molecule is CCC(=O)N1CC[C@H](O)[C@H]1C(=O)O. The quantitative estimate of drug-likeness (QED) is 0.607. The number of hydrogen-bond acceptors (Lipinski definition) is 3. The normalized spacial score (nSPS) is 27.7. The second-order valence-corrected chi connectivity index (χ2v) is 3.08. The summed E-state index contributed by atoms with van der Waals surface area (Å²) in [5, 5.41) is 18.0. The number of hydrogen-bond donors (Lipinski definition) is 2. The third-order valence-corrected chi connectivity index (χ3v) is 2.24. The van der Waals surface area contributed by atoms with Crippen LogP contribution < -0.4 is 0 Å². The largest absolute Gasteiger partial charge is 0.480 e. The van der Waals surface area contributed by atoms with Gasteiger partial charge >= 0.3 is 5.97 Å². The Bertz CT molecular complexity index is 228. The van der Waals surface area contributed by atoms with Crippen LogP contribution in [-0.2, 0) is 9.59 Å². The van der Waals surface area contributed by atoms with E-state index < -0.39 is 18.1 Å². The Labute approximate surface area is 76.0 Å². The summed E-state index contributed by atoms with van der Waals surface area (Å²) >= 11 is 0. The molecule has 74 valence electrons. The molecule has 0 aliphatic carbocycles.